The molecule has 0 spiro atoms. The Labute approximate surface area is 156 Å². The van der Waals surface area contributed by atoms with E-state index >= 15 is 0 Å². The lowest BCUT2D eigenvalue weighted by atomic mass is 10.2. The number of hydrogen-bond acceptors (Lipinski definition) is 3. The zero-order chi connectivity index (χ0) is 16.7. The van der Waals surface area contributed by atoms with Gasteiger partial charge >= 0.3 is 0 Å². The molecule has 6 heteroatoms. The highest BCUT2D eigenvalue weighted by molar-refractivity contribution is 14.1. The zero-order valence-corrected chi connectivity index (χ0v) is 15.7. The molecule has 116 valence electrons. The maximum Gasteiger partial charge on any atom is 0.272 e. The van der Waals surface area contributed by atoms with Gasteiger partial charge in [0, 0.05) is 13.6 Å². The molecule has 0 aliphatic heterocycles. The van der Waals surface area contributed by atoms with Gasteiger partial charge in [-0.15, -0.1) is 6.42 Å². The van der Waals surface area contributed by atoms with Gasteiger partial charge in [-0.25, -0.2) is 5.43 Å². The predicted octanol–water partition coefficient (Wildman–Crippen LogP) is 3.83. The molecule has 0 heterocycles. The SMILES string of the molecule is C#CCOc1ccc(Br)cc1C=NNC(=O)c1ccccc1I. The number of terminal acetylenes is 1. The summed E-state index contributed by atoms with van der Waals surface area (Å²) in [7, 11) is 0. The predicted molar refractivity (Wildman–Crippen MR) is 103 cm³/mol. The molecule has 0 aliphatic rings. The second-order valence-electron chi connectivity index (χ2n) is 4.35. The normalized spacial score (nSPS) is 10.3. The van der Waals surface area contributed by atoms with Crippen LogP contribution in [0.15, 0.2) is 52.0 Å². The minimum atomic E-state index is -0.271. The van der Waals surface area contributed by atoms with Crippen LogP contribution in [0.25, 0.3) is 0 Å². The number of hydrazone groups is 1. The Bertz CT molecular complexity index is 784. The Morgan fingerprint density at radius 2 is 2.17 bits per heavy atom. The maximum atomic E-state index is 12.1. The first-order valence-electron chi connectivity index (χ1n) is 6.55. The van der Waals surface area contributed by atoms with Crippen LogP contribution in [0.4, 0.5) is 0 Å². The lowest BCUT2D eigenvalue weighted by molar-refractivity contribution is 0.0954. The van der Waals surface area contributed by atoms with E-state index < -0.39 is 0 Å². The Balaban J connectivity index is 2.11. The van der Waals surface area contributed by atoms with Crippen LogP contribution >= 0.6 is 38.5 Å². The molecule has 0 saturated carbocycles. The van der Waals surface area contributed by atoms with E-state index in [2.05, 4.69) is 55.0 Å². The van der Waals surface area contributed by atoms with Gasteiger partial charge in [0.25, 0.3) is 5.91 Å². The number of hydrogen-bond donors (Lipinski definition) is 1. The molecule has 2 aromatic carbocycles. The molecule has 23 heavy (non-hydrogen) atoms. The topological polar surface area (TPSA) is 50.7 Å². The number of rotatable bonds is 5. The lowest BCUT2D eigenvalue weighted by Crippen LogP contribution is -2.18. The molecule has 0 unspecified atom stereocenters. The molecule has 0 atom stereocenters. The van der Waals surface area contributed by atoms with Gasteiger partial charge in [0.1, 0.15) is 12.4 Å². The van der Waals surface area contributed by atoms with Crippen LogP contribution in [-0.4, -0.2) is 18.7 Å². The van der Waals surface area contributed by atoms with Crippen molar-refractivity contribution < 1.29 is 9.53 Å². The molecular weight excluding hydrogens is 471 g/mol. The van der Waals surface area contributed by atoms with Crippen molar-refractivity contribution in [2.75, 3.05) is 6.61 Å². The highest BCUT2D eigenvalue weighted by Crippen LogP contribution is 2.21. The van der Waals surface area contributed by atoms with Gasteiger partial charge in [-0.05, 0) is 52.9 Å². The number of carbonyl (C=O) groups excluding carboxylic acids is 1. The number of nitrogens with one attached hydrogen (secondary N) is 1. The van der Waals surface area contributed by atoms with Crippen molar-refractivity contribution in [2.24, 2.45) is 5.10 Å². The summed E-state index contributed by atoms with van der Waals surface area (Å²) < 4.78 is 7.17. The molecule has 0 bridgehead atoms. The molecule has 4 nitrogen and oxygen atoms in total. The van der Waals surface area contributed by atoms with Crippen molar-refractivity contribution in [3.8, 4) is 18.1 Å². The summed E-state index contributed by atoms with van der Waals surface area (Å²) in [6.07, 6.45) is 6.72. The average molecular weight is 483 g/mol. The van der Waals surface area contributed by atoms with Gasteiger partial charge in [-0.2, -0.15) is 5.10 Å². The van der Waals surface area contributed by atoms with E-state index in [0.717, 1.165) is 8.04 Å². The van der Waals surface area contributed by atoms with Crippen molar-refractivity contribution >= 4 is 50.6 Å². The third kappa shape index (κ3) is 5.08. The van der Waals surface area contributed by atoms with E-state index in [9.17, 15) is 4.79 Å². The van der Waals surface area contributed by atoms with Crippen molar-refractivity contribution in [1.82, 2.24) is 5.43 Å². The van der Waals surface area contributed by atoms with Gasteiger partial charge in [0.15, 0.2) is 0 Å². The van der Waals surface area contributed by atoms with Crippen molar-refractivity contribution in [2.45, 2.75) is 0 Å². The van der Waals surface area contributed by atoms with E-state index in [1.165, 1.54) is 6.21 Å². The van der Waals surface area contributed by atoms with Gasteiger partial charge in [0.2, 0.25) is 0 Å². The monoisotopic (exact) mass is 482 g/mol. The third-order valence-electron chi connectivity index (χ3n) is 2.77. The van der Waals surface area contributed by atoms with E-state index in [-0.39, 0.29) is 12.5 Å². The molecule has 0 saturated heterocycles. The third-order valence-corrected chi connectivity index (χ3v) is 4.20. The van der Waals surface area contributed by atoms with Gasteiger partial charge in [-0.1, -0.05) is 34.0 Å². The Morgan fingerprint density at radius 1 is 1.39 bits per heavy atom. The molecule has 0 radical (unpaired) electrons. The van der Waals surface area contributed by atoms with Crippen molar-refractivity contribution in [3.63, 3.8) is 0 Å². The average Bonchev–Trinajstić information content (AvgIpc) is 2.54. The summed E-state index contributed by atoms with van der Waals surface area (Å²) in [6.45, 7) is 0.164. The second-order valence-corrected chi connectivity index (χ2v) is 6.43. The molecule has 0 fully saturated rings. The maximum absolute atomic E-state index is 12.1. The minimum Gasteiger partial charge on any atom is -0.480 e. The highest BCUT2D eigenvalue weighted by atomic mass is 127. The van der Waals surface area contributed by atoms with Gasteiger partial charge < -0.3 is 4.74 Å². The standard InChI is InChI=1S/C17H12BrIN2O2/c1-2-9-23-16-8-7-13(18)10-12(16)11-20-21-17(22)14-5-3-4-6-15(14)19/h1,3-8,10-11H,9H2,(H,21,22). The molecule has 1 amide bonds. The van der Waals surface area contributed by atoms with E-state index in [1.807, 2.05) is 24.3 Å². The molecule has 2 aromatic rings. The summed E-state index contributed by atoms with van der Waals surface area (Å²) in [4.78, 5) is 12.1. The molecule has 0 aromatic heterocycles. The van der Waals surface area contributed by atoms with Crippen LogP contribution in [0, 0.1) is 15.9 Å². The number of amides is 1. The summed E-state index contributed by atoms with van der Waals surface area (Å²) in [5.41, 5.74) is 3.78. The molecule has 0 aliphatic carbocycles. The van der Waals surface area contributed by atoms with E-state index in [0.29, 0.717) is 16.9 Å². The zero-order valence-electron chi connectivity index (χ0n) is 11.9. The lowest BCUT2D eigenvalue weighted by Gasteiger charge is -2.07. The summed E-state index contributed by atoms with van der Waals surface area (Å²) in [5, 5.41) is 3.99. The number of halogens is 2. The van der Waals surface area contributed by atoms with Crippen molar-refractivity contribution in [3.05, 3.63) is 61.6 Å². The number of ether oxygens (including phenoxy) is 1. The number of nitrogens with zero attached hydrogens (tertiary/aromatic N) is 1. The fraction of sp³-hybridized carbons (Fsp3) is 0.0588. The second kappa shape index (κ2) is 8.70. The number of carbonyl (C=O) groups is 1. The molecule has 1 N–H and O–H groups in total. The Kier molecular flexibility index (Phi) is 6.62. The first-order valence-corrected chi connectivity index (χ1v) is 8.42. The smallest absolute Gasteiger partial charge is 0.272 e. The van der Waals surface area contributed by atoms with E-state index in [4.69, 9.17) is 11.2 Å². The van der Waals surface area contributed by atoms with Gasteiger partial charge in [-0.3, -0.25) is 4.79 Å². The van der Waals surface area contributed by atoms with Crippen molar-refractivity contribution in [1.29, 1.82) is 0 Å². The van der Waals surface area contributed by atoms with Crippen LogP contribution in [-0.2, 0) is 0 Å². The van der Waals surface area contributed by atoms with Crippen LogP contribution < -0.4 is 10.2 Å². The fourth-order valence-corrected chi connectivity index (χ4v) is 2.75. The fourth-order valence-electron chi connectivity index (χ4n) is 1.74. The Hall–Kier alpha value is -1.85. The highest BCUT2D eigenvalue weighted by Gasteiger charge is 2.08. The minimum absolute atomic E-state index is 0.164. The van der Waals surface area contributed by atoms with Crippen LogP contribution in [0.2, 0.25) is 0 Å². The largest absolute Gasteiger partial charge is 0.480 e. The number of benzene rings is 2. The Morgan fingerprint density at radius 3 is 2.91 bits per heavy atom. The molecule has 2 rings (SSSR count). The van der Waals surface area contributed by atoms with Gasteiger partial charge in [0.05, 0.1) is 11.8 Å². The summed E-state index contributed by atoms with van der Waals surface area (Å²) in [6, 6.07) is 12.7. The van der Waals surface area contributed by atoms with Crippen LogP contribution in [0.1, 0.15) is 15.9 Å². The van der Waals surface area contributed by atoms with E-state index in [1.54, 1.807) is 18.2 Å². The first kappa shape index (κ1) is 17.5. The molecular formula is C17H12BrIN2O2. The quantitative estimate of drug-likeness (QED) is 0.305. The summed E-state index contributed by atoms with van der Waals surface area (Å²) in [5.74, 6) is 2.74. The first-order chi connectivity index (χ1) is 11.1. The van der Waals surface area contributed by atoms with Crippen LogP contribution in [0.5, 0.6) is 5.75 Å². The van der Waals surface area contributed by atoms with Crippen LogP contribution in [0.3, 0.4) is 0 Å². The summed E-state index contributed by atoms with van der Waals surface area (Å²) >= 11 is 5.49.